The summed E-state index contributed by atoms with van der Waals surface area (Å²) >= 11 is 0. The van der Waals surface area contributed by atoms with Crippen LogP contribution in [0, 0.1) is 11.3 Å². The molecule has 0 amide bonds. The molecule has 0 bridgehead atoms. The Morgan fingerprint density at radius 1 is 1.14 bits per heavy atom. The van der Waals surface area contributed by atoms with Gasteiger partial charge in [-0.25, -0.2) is 0 Å². The van der Waals surface area contributed by atoms with Gasteiger partial charge in [0.25, 0.3) is 0 Å². The van der Waals surface area contributed by atoms with Crippen molar-refractivity contribution in [3.63, 3.8) is 0 Å². The zero-order chi connectivity index (χ0) is 14.5. The minimum absolute atomic E-state index is 0.470. The maximum atomic E-state index is 5.66. The average molecular weight is 294 g/mol. The number of rotatable bonds is 6. The highest BCUT2D eigenvalue weighted by atomic mass is 16.5. The molecule has 0 aromatic heterocycles. The molecule has 2 aliphatic heterocycles. The Labute approximate surface area is 130 Å². The number of nitrogens with one attached hydrogen (secondary N) is 1. The highest BCUT2D eigenvalue weighted by Crippen LogP contribution is 2.40. The molecule has 2 saturated heterocycles. The molecule has 1 saturated carbocycles. The van der Waals surface area contributed by atoms with E-state index in [1.807, 2.05) is 0 Å². The summed E-state index contributed by atoms with van der Waals surface area (Å²) in [6.45, 7) is 9.21. The molecule has 2 unspecified atom stereocenters. The van der Waals surface area contributed by atoms with Crippen molar-refractivity contribution in [2.24, 2.45) is 11.3 Å². The van der Waals surface area contributed by atoms with Crippen LogP contribution < -0.4 is 5.32 Å². The molecule has 0 aromatic carbocycles. The third kappa shape index (κ3) is 3.80. The second-order valence-electron chi connectivity index (χ2n) is 7.66. The SMILES string of the molecule is CCCNCC1(CN2CCCC3CCCC32)CCOCC1. The fourth-order valence-electron chi connectivity index (χ4n) is 4.91. The van der Waals surface area contributed by atoms with Crippen molar-refractivity contribution in [3.05, 3.63) is 0 Å². The first-order chi connectivity index (χ1) is 10.3. The smallest absolute Gasteiger partial charge is 0.0472 e. The summed E-state index contributed by atoms with van der Waals surface area (Å²) in [5, 5.41) is 3.71. The van der Waals surface area contributed by atoms with Crippen LogP contribution in [0.4, 0.5) is 0 Å². The van der Waals surface area contributed by atoms with Crippen molar-refractivity contribution in [1.29, 1.82) is 0 Å². The molecule has 3 nitrogen and oxygen atoms in total. The normalized spacial score (nSPS) is 33.0. The van der Waals surface area contributed by atoms with Crippen LogP contribution in [-0.2, 0) is 4.74 Å². The van der Waals surface area contributed by atoms with Gasteiger partial charge >= 0.3 is 0 Å². The first-order valence-electron chi connectivity index (χ1n) is 9.35. The lowest BCUT2D eigenvalue weighted by molar-refractivity contribution is -0.0221. The molecule has 3 aliphatic rings. The van der Waals surface area contributed by atoms with Gasteiger partial charge in [0.2, 0.25) is 0 Å². The molecule has 3 fully saturated rings. The van der Waals surface area contributed by atoms with Crippen LogP contribution in [0.1, 0.15) is 58.3 Å². The molecule has 21 heavy (non-hydrogen) atoms. The number of likely N-dealkylation sites (tertiary alicyclic amines) is 1. The van der Waals surface area contributed by atoms with Crippen molar-refractivity contribution in [2.45, 2.75) is 64.3 Å². The summed E-state index contributed by atoms with van der Waals surface area (Å²) in [6, 6.07) is 0.907. The number of ether oxygens (including phenoxy) is 1. The van der Waals surface area contributed by atoms with Gasteiger partial charge in [0.15, 0.2) is 0 Å². The van der Waals surface area contributed by atoms with Crippen LogP contribution in [0.2, 0.25) is 0 Å². The van der Waals surface area contributed by atoms with Gasteiger partial charge in [-0.2, -0.15) is 0 Å². The van der Waals surface area contributed by atoms with Gasteiger partial charge in [-0.3, -0.25) is 4.90 Å². The van der Waals surface area contributed by atoms with Crippen molar-refractivity contribution < 1.29 is 4.74 Å². The average Bonchev–Trinajstić information content (AvgIpc) is 2.98. The summed E-state index contributed by atoms with van der Waals surface area (Å²) < 4.78 is 5.66. The van der Waals surface area contributed by atoms with Crippen LogP contribution in [0.5, 0.6) is 0 Å². The van der Waals surface area contributed by atoms with E-state index < -0.39 is 0 Å². The molecule has 1 aliphatic carbocycles. The maximum absolute atomic E-state index is 5.66. The van der Waals surface area contributed by atoms with E-state index in [2.05, 4.69) is 17.1 Å². The molecule has 3 heteroatoms. The second-order valence-corrected chi connectivity index (χ2v) is 7.66. The van der Waals surface area contributed by atoms with Crippen LogP contribution in [-0.4, -0.2) is 50.3 Å². The van der Waals surface area contributed by atoms with Gasteiger partial charge in [-0.15, -0.1) is 0 Å². The molecule has 2 heterocycles. The lowest BCUT2D eigenvalue weighted by Crippen LogP contribution is -2.52. The molecule has 2 atom stereocenters. The number of nitrogens with zero attached hydrogens (tertiary/aromatic N) is 1. The molecule has 0 spiro atoms. The second kappa shape index (κ2) is 7.43. The van der Waals surface area contributed by atoms with Crippen molar-refractivity contribution in [1.82, 2.24) is 10.2 Å². The standard InChI is InChI=1S/C18H34N2O/c1-2-10-19-14-18(8-12-21-13-9-18)15-20-11-4-6-16-5-3-7-17(16)20/h16-17,19H,2-15H2,1H3. The topological polar surface area (TPSA) is 24.5 Å². The van der Waals surface area contributed by atoms with Crippen LogP contribution in [0.15, 0.2) is 0 Å². The third-order valence-electron chi connectivity index (χ3n) is 6.13. The number of fused-ring (bicyclic) bond motifs is 1. The first-order valence-corrected chi connectivity index (χ1v) is 9.35. The van der Waals surface area contributed by atoms with Crippen LogP contribution in [0.25, 0.3) is 0 Å². The molecule has 122 valence electrons. The van der Waals surface area contributed by atoms with Gasteiger partial charge < -0.3 is 10.1 Å². The highest BCUT2D eigenvalue weighted by Gasteiger charge is 2.40. The minimum Gasteiger partial charge on any atom is -0.381 e. The van der Waals surface area contributed by atoms with E-state index >= 15 is 0 Å². The third-order valence-corrected chi connectivity index (χ3v) is 6.13. The largest absolute Gasteiger partial charge is 0.381 e. The Morgan fingerprint density at radius 3 is 2.76 bits per heavy atom. The Hall–Kier alpha value is -0.120. The summed E-state index contributed by atoms with van der Waals surface area (Å²) in [5.74, 6) is 1.01. The molecule has 0 aromatic rings. The maximum Gasteiger partial charge on any atom is 0.0472 e. The van der Waals surface area contributed by atoms with E-state index in [1.165, 1.54) is 71.0 Å². The summed E-state index contributed by atoms with van der Waals surface area (Å²) in [6.07, 6.45) is 11.1. The molecule has 0 radical (unpaired) electrons. The van der Waals surface area contributed by atoms with E-state index in [9.17, 15) is 0 Å². The van der Waals surface area contributed by atoms with E-state index in [0.717, 1.165) is 31.7 Å². The number of hydrogen-bond donors (Lipinski definition) is 1. The van der Waals surface area contributed by atoms with Gasteiger partial charge in [-0.1, -0.05) is 13.3 Å². The van der Waals surface area contributed by atoms with E-state index in [0.29, 0.717) is 5.41 Å². The van der Waals surface area contributed by atoms with E-state index in [1.54, 1.807) is 0 Å². The van der Waals surface area contributed by atoms with E-state index in [-0.39, 0.29) is 0 Å². The van der Waals surface area contributed by atoms with Gasteiger partial charge in [0.1, 0.15) is 0 Å². The van der Waals surface area contributed by atoms with Crippen LogP contribution >= 0.6 is 0 Å². The fourth-order valence-corrected chi connectivity index (χ4v) is 4.91. The Kier molecular flexibility index (Phi) is 5.58. The Morgan fingerprint density at radius 2 is 1.95 bits per heavy atom. The predicted molar refractivity (Wildman–Crippen MR) is 87.6 cm³/mol. The lowest BCUT2D eigenvalue weighted by atomic mass is 9.78. The van der Waals surface area contributed by atoms with Crippen molar-refractivity contribution >= 4 is 0 Å². The number of piperidine rings is 1. The monoisotopic (exact) mass is 294 g/mol. The zero-order valence-electron chi connectivity index (χ0n) is 13.9. The minimum atomic E-state index is 0.470. The lowest BCUT2D eigenvalue weighted by Gasteiger charge is -2.46. The van der Waals surface area contributed by atoms with Crippen LogP contribution in [0.3, 0.4) is 0 Å². The Bertz CT molecular complexity index is 314. The molecule has 3 rings (SSSR count). The van der Waals surface area contributed by atoms with Gasteiger partial charge in [0, 0.05) is 32.3 Å². The molecule has 1 N–H and O–H groups in total. The summed E-state index contributed by atoms with van der Waals surface area (Å²) in [4.78, 5) is 2.88. The summed E-state index contributed by atoms with van der Waals surface area (Å²) in [5.41, 5.74) is 0.470. The van der Waals surface area contributed by atoms with Crippen molar-refractivity contribution in [2.75, 3.05) is 39.4 Å². The first kappa shape index (κ1) is 15.8. The van der Waals surface area contributed by atoms with Crippen molar-refractivity contribution in [3.8, 4) is 0 Å². The number of hydrogen-bond acceptors (Lipinski definition) is 3. The Balaban J connectivity index is 1.62. The molecular weight excluding hydrogens is 260 g/mol. The fraction of sp³-hybridized carbons (Fsp3) is 1.00. The van der Waals surface area contributed by atoms with E-state index in [4.69, 9.17) is 4.74 Å². The quantitative estimate of drug-likeness (QED) is 0.762. The predicted octanol–water partition coefficient (Wildman–Crippen LogP) is 3.05. The highest BCUT2D eigenvalue weighted by molar-refractivity contribution is 4.94. The summed E-state index contributed by atoms with van der Waals surface area (Å²) in [7, 11) is 0. The van der Waals surface area contributed by atoms with Gasteiger partial charge in [0.05, 0.1) is 0 Å². The van der Waals surface area contributed by atoms with Gasteiger partial charge in [-0.05, 0) is 69.4 Å². The molecular formula is C18H34N2O. The zero-order valence-corrected chi connectivity index (χ0v) is 13.9.